The summed E-state index contributed by atoms with van der Waals surface area (Å²) in [5.41, 5.74) is 2.26. The number of hydrogen-bond donors (Lipinski definition) is 4. The first-order valence-electron chi connectivity index (χ1n) is 6.26. The second-order valence-corrected chi connectivity index (χ2v) is 7.32. The number of sulfonamides is 1. The number of nitrogens with two attached hydrogens (primary N) is 1. The van der Waals surface area contributed by atoms with Crippen LogP contribution in [-0.2, 0) is 10.0 Å². The van der Waals surface area contributed by atoms with Gasteiger partial charge in [0.1, 0.15) is 4.90 Å². The minimum atomic E-state index is -3.80. The molecular weight excluding hydrogens is 348 g/mol. The van der Waals surface area contributed by atoms with E-state index in [9.17, 15) is 13.5 Å². The van der Waals surface area contributed by atoms with Crippen molar-refractivity contribution in [1.29, 1.82) is 0 Å². The molecule has 0 aliphatic heterocycles. The minimum Gasteiger partial charge on any atom is -0.391 e. The van der Waals surface area contributed by atoms with Crippen molar-refractivity contribution in [3.8, 4) is 0 Å². The Labute approximate surface area is 126 Å². The summed E-state index contributed by atoms with van der Waals surface area (Å²) in [4.78, 5) is 3.86. The van der Waals surface area contributed by atoms with Gasteiger partial charge in [-0.2, -0.15) is 0 Å². The van der Waals surface area contributed by atoms with E-state index in [4.69, 9.17) is 5.84 Å². The molecule has 1 heterocycles. The van der Waals surface area contributed by atoms with Crippen molar-refractivity contribution in [2.24, 2.45) is 5.84 Å². The van der Waals surface area contributed by atoms with Crippen molar-refractivity contribution in [1.82, 2.24) is 9.71 Å². The molecule has 1 aromatic rings. The Morgan fingerprint density at radius 2 is 2.10 bits per heavy atom. The third-order valence-corrected chi connectivity index (χ3v) is 5.22. The van der Waals surface area contributed by atoms with Crippen molar-refractivity contribution >= 4 is 31.8 Å². The molecule has 0 amide bonds. The molecule has 0 aromatic carbocycles. The van der Waals surface area contributed by atoms with Crippen molar-refractivity contribution in [2.75, 3.05) is 5.43 Å². The predicted octanol–water partition coefficient (Wildman–Crippen LogP) is 0.711. The Kier molecular flexibility index (Phi) is 4.97. The van der Waals surface area contributed by atoms with Crippen molar-refractivity contribution in [2.45, 2.75) is 42.7 Å². The number of pyridine rings is 1. The lowest BCUT2D eigenvalue weighted by Gasteiger charge is -2.28. The standard InChI is InChI=1S/C11H17BrN4O3S/c12-7-5-10(11(15-13)14-6-7)20(18,19)16-8-3-1-2-4-9(8)17/h5-6,8-9,16-17H,1-4,13H2,(H,14,15). The van der Waals surface area contributed by atoms with E-state index in [0.717, 1.165) is 12.8 Å². The molecule has 2 unspecified atom stereocenters. The smallest absolute Gasteiger partial charge is 0.244 e. The van der Waals surface area contributed by atoms with Gasteiger partial charge in [0.15, 0.2) is 5.82 Å². The van der Waals surface area contributed by atoms with Crippen molar-refractivity contribution in [3.63, 3.8) is 0 Å². The molecule has 9 heteroatoms. The number of hydrazine groups is 1. The summed E-state index contributed by atoms with van der Waals surface area (Å²) in [6.07, 6.45) is 3.81. The van der Waals surface area contributed by atoms with Crippen LogP contribution < -0.4 is 16.0 Å². The average Bonchev–Trinajstić information content (AvgIpc) is 2.41. The first-order valence-corrected chi connectivity index (χ1v) is 8.54. The van der Waals surface area contributed by atoms with Crippen LogP contribution in [0.2, 0.25) is 0 Å². The third kappa shape index (κ3) is 3.47. The number of halogens is 1. The number of aromatic nitrogens is 1. The number of rotatable bonds is 4. The maximum absolute atomic E-state index is 12.4. The molecule has 0 bridgehead atoms. The van der Waals surface area contributed by atoms with E-state index in [1.54, 1.807) is 0 Å². The fourth-order valence-electron chi connectivity index (χ4n) is 2.25. The lowest BCUT2D eigenvalue weighted by Crippen LogP contribution is -2.45. The van der Waals surface area contributed by atoms with Gasteiger partial charge >= 0.3 is 0 Å². The summed E-state index contributed by atoms with van der Waals surface area (Å²) in [5, 5.41) is 9.87. The predicted molar refractivity (Wildman–Crippen MR) is 78.3 cm³/mol. The summed E-state index contributed by atoms with van der Waals surface area (Å²) < 4.78 is 27.9. The number of nitrogen functional groups attached to an aromatic ring is 1. The minimum absolute atomic E-state index is 0.0489. The van der Waals surface area contributed by atoms with Gasteiger partial charge in [-0.05, 0) is 34.8 Å². The number of aliphatic hydroxyl groups is 1. The SMILES string of the molecule is NNc1ncc(Br)cc1S(=O)(=O)NC1CCCCC1O. The van der Waals surface area contributed by atoms with Crippen LogP contribution in [0.3, 0.4) is 0 Å². The van der Waals surface area contributed by atoms with Gasteiger partial charge in [0.2, 0.25) is 10.0 Å². The van der Waals surface area contributed by atoms with Crippen LogP contribution in [0.25, 0.3) is 0 Å². The van der Waals surface area contributed by atoms with Gasteiger partial charge in [0, 0.05) is 16.7 Å². The molecule has 5 N–H and O–H groups in total. The molecule has 2 rings (SSSR count). The molecule has 0 saturated heterocycles. The van der Waals surface area contributed by atoms with Gasteiger partial charge in [-0.3, -0.25) is 0 Å². The Morgan fingerprint density at radius 1 is 1.40 bits per heavy atom. The highest BCUT2D eigenvalue weighted by atomic mass is 79.9. The first-order chi connectivity index (χ1) is 9.44. The molecule has 20 heavy (non-hydrogen) atoms. The monoisotopic (exact) mass is 364 g/mol. The normalized spacial score (nSPS) is 23.6. The third-order valence-electron chi connectivity index (χ3n) is 3.28. The first kappa shape index (κ1) is 15.6. The Balaban J connectivity index is 2.28. The van der Waals surface area contributed by atoms with Crippen LogP contribution in [0, 0.1) is 0 Å². The topological polar surface area (TPSA) is 117 Å². The number of nitrogens with one attached hydrogen (secondary N) is 2. The molecule has 7 nitrogen and oxygen atoms in total. The number of anilines is 1. The van der Waals surface area contributed by atoms with E-state index in [2.05, 4.69) is 31.1 Å². The van der Waals surface area contributed by atoms with Crippen molar-refractivity contribution < 1.29 is 13.5 Å². The molecule has 112 valence electrons. The second kappa shape index (κ2) is 6.35. The fraction of sp³-hybridized carbons (Fsp3) is 0.545. The summed E-state index contributed by atoms with van der Waals surface area (Å²) in [6, 6.07) is 0.943. The van der Waals surface area contributed by atoms with Gasteiger partial charge in [0.25, 0.3) is 0 Å². The highest BCUT2D eigenvalue weighted by Gasteiger charge is 2.29. The lowest BCUT2D eigenvalue weighted by atomic mass is 9.93. The van der Waals surface area contributed by atoms with Gasteiger partial charge in [-0.1, -0.05) is 12.8 Å². The van der Waals surface area contributed by atoms with Crippen LogP contribution in [0.1, 0.15) is 25.7 Å². The quantitative estimate of drug-likeness (QED) is 0.461. The van der Waals surface area contributed by atoms with E-state index in [-0.39, 0.29) is 10.7 Å². The molecule has 2 atom stereocenters. The van der Waals surface area contributed by atoms with Gasteiger partial charge in [-0.15, -0.1) is 0 Å². The molecule has 1 aromatic heterocycles. The Morgan fingerprint density at radius 3 is 2.75 bits per heavy atom. The fourth-order valence-corrected chi connectivity index (χ4v) is 4.18. The van der Waals surface area contributed by atoms with Crippen molar-refractivity contribution in [3.05, 3.63) is 16.7 Å². The van der Waals surface area contributed by atoms with E-state index in [1.165, 1.54) is 12.3 Å². The molecular formula is C11H17BrN4O3S. The Hall–Kier alpha value is -0.740. The molecule has 1 fully saturated rings. The van der Waals surface area contributed by atoms with Crippen LogP contribution in [0.4, 0.5) is 5.82 Å². The molecule has 0 spiro atoms. The Bertz CT molecular complexity index is 581. The summed E-state index contributed by atoms with van der Waals surface area (Å²) in [6.45, 7) is 0. The molecule has 1 aliphatic carbocycles. The maximum atomic E-state index is 12.4. The van der Waals surface area contributed by atoms with Gasteiger partial charge in [0.05, 0.1) is 6.10 Å². The maximum Gasteiger partial charge on any atom is 0.244 e. The highest BCUT2D eigenvalue weighted by Crippen LogP contribution is 2.25. The van der Waals surface area contributed by atoms with E-state index in [1.807, 2.05) is 0 Å². The number of hydrogen-bond acceptors (Lipinski definition) is 6. The van der Waals surface area contributed by atoms with Crippen LogP contribution in [-0.4, -0.2) is 30.7 Å². The zero-order valence-electron chi connectivity index (χ0n) is 10.7. The zero-order valence-corrected chi connectivity index (χ0v) is 13.1. The van der Waals surface area contributed by atoms with Gasteiger partial charge in [-0.25, -0.2) is 24.0 Å². The summed E-state index contributed by atoms with van der Waals surface area (Å²) in [5.74, 6) is 5.35. The van der Waals surface area contributed by atoms with Crippen LogP contribution in [0.5, 0.6) is 0 Å². The van der Waals surface area contributed by atoms with Gasteiger partial charge < -0.3 is 10.5 Å². The number of nitrogens with zero attached hydrogens (tertiary/aromatic N) is 1. The zero-order chi connectivity index (χ0) is 14.8. The van der Waals surface area contributed by atoms with Crippen LogP contribution >= 0.6 is 15.9 Å². The molecule has 0 radical (unpaired) electrons. The van der Waals surface area contributed by atoms with E-state index in [0.29, 0.717) is 17.3 Å². The number of aliphatic hydroxyl groups excluding tert-OH is 1. The summed E-state index contributed by atoms with van der Waals surface area (Å²) in [7, 11) is -3.80. The summed E-state index contributed by atoms with van der Waals surface area (Å²) >= 11 is 3.18. The highest BCUT2D eigenvalue weighted by molar-refractivity contribution is 9.10. The van der Waals surface area contributed by atoms with E-state index >= 15 is 0 Å². The lowest BCUT2D eigenvalue weighted by molar-refractivity contribution is 0.101. The molecule has 1 saturated carbocycles. The molecule has 1 aliphatic rings. The van der Waals surface area contributed by atoms with Crippen LogP contribution in [0.15, 0.2) is 21.6 Å². The second-order valence-electron chi connectivity index (χ2n) is 4.72. The average molecular weight is 365 g/mol. The largest absolute Gasteiger partial charge is 0.391 e. The van der Waals surface area contributed by atoms with E-state index < -0.39 is 22.2 Å².